The van der Waals surface area contributed by atoms with E-state index in [4.69, 9.17) is 15.3 Å². The van der Waals surface area contributed by atoms with Crippen LogP contribution in [-0.4, -0.2) is 37.3 Å². The second kappa shape index (κ2) is 21.4. The second-order valence-corrected chi connectivity index (χ2v) is 12.5. The summed E-state index contributed by atoms with van der Waals surface area (Å²) in [6.07, 6.45) is 1.36. The van der Waals surface area contributed by atoms with Crippen LogP contribution in [0.1, 0.15) is 45.5 Å². The molecular formula is C48H44O7. The Morgan fingerprint density at radius 2 is 0.800 bits per heavy atom. The molecule has 278 valence electrons. The average molecular weight is 733 g/mol. The molecule has 7 nitrogen and oxygen atoms in total. The fourth-order valence-electron chi connectivity index (χ4n) is 5.33. The minimum Gasteiger partial charge on any atom is -0.508 e. The molecule has 5 N–H and O–H groups in total. The van der Waals surface area contributed by atoms with Gasteiger partial charge >= 0.3 is 5.97 Å². The fourth-order valence-corrected chi connectivity index (χ4v) is 5.33. The highest BCUT2D eigenvalue weighted by atomic mass is 16.4. The van der Waals surface area contributed by atoms with Crippen LogP contribution >= 0.6 is 0 Å². The number of benzene rings is 7. The number of aromatic hydroxyl groups is 4. The van der Waals surface area contributed by atoms with E-state index < -0.39 is 11.9 Å². The van der Waals surface area contributed by atoms with E-state index in [2.05, 4.69) is 12.1 Å². The molecule has 1 unspecified atom stereocenters. The van der Waals surface area contributed by atoms with E-state index in [0.29, 0.717) is 29.0 Å². The van der Waals surface area contributed by atoms with Gasteiger partial charge in [0.15, 0.2) is 5.78 Å². The molecule has 0 radical (unpaired) electrons. The summed E-state index contributed by atoms with van der Waals surface area (Å²) >= 11 is 0. The van der Waals surface area contributed by atoms with Gasteiger partial charge in [-0.1, -0.05) is 127 Å². The van der Waals surface area contributed by atoms with E-state index in [9.17, 15) is 19.8 Å². The number of hydrogen-bond acceptors (Lipinski definition) is 6. The zero-order valence-electron chi connectivity index (χ0n) is 30.4. The molecule has 7 aromatic carbocycles. The van der Waals surface area contributed by atoms with E-state index in [-0.39, 0.29) is 17.3 Å². The van der Waals surface area contributed by atoms with Crippen molar-refractivity contribution in [3.05, 3.63) is 216 Å². The van der Waals surface area contributed by atoms with E-state index in [0.717, 1.165) is 17.5 Å². The van der Waals surface area contributed by atoms with E-state index in [1.165, 1.54) is 47.9 Å². The van der Waals surface area contributed by atoms with Crippen molar-refractivity contribution in [2.24, 2.45) is 0 Å². The molecule has 7 aromatic rings. The van der Waals surface area contributed by atoms with Crippen molar-refractivity contribution in [3.63, 3.8) is 0 Å². The van der Waals surface area contributed by atoms with Gasteiger partial charge in [-0.15, -0.1) is 0 Å². The Hall–Kier alpha value is -7.12. The number of aliphatic carboxylic acids is 1. The summed E-state index contributed by atoms with van der Waals surface area (Å²) in [4.78, 5) is 22.0. The molecule has 0 amide bonds. The topological polar surface area (TPSA) is 135 Å². The predicted molar refractivity (Wildman–Crippen MR) is 218 cm³/mol. The lowest BCUT2D eigenvalue weighted by molar-refractivity contribution is -0.138. The number of hydrogen-bond donors (Lipinski definition) is 5. The number of phenols is 4. The van der Waals surface area contributed by atoms with Crippen LogP contribution < -0.4 is 0 Å². The van der Waals surface area contributed by atoms with E-state index >= 15 is 0 Å². The van der Waals surface area contributed by atoms with Crippen LogP contribution in [-0.2, 0) is 17.6 Å². The maximum absolute atomic E-state index is 11.3. The summed E-state index contributed by atoms with van der Waals surface area (Å²) in [6.45, 7) is 1.49. The molecule has 55 heavy (non-hydrogen) atoms. The molecule has 0 aliphatic carbocycles. The van der Waals surface area contributed by atoms with Crippen molar-refractivity contribution in [1.29, 1.82) is 0 Å². The van der Waals surface area contributed by atoms with Crippen LogP contribution in [0.15, 0.2) is 188 Å². The Bertz CT molecular complexity index is 2150. The van der Waals surface area contributed by atoms with Gasteiger partial charge in [0.05, 0.1) is 5.92 Å². The molecule has 1 atom stereocenters. The molecular weight excluding hydrogens is 689 g/mol. The smallest absolute Gasteiger partial charge is 0.311 e. The highest BCUT2D eigenvalue weighted by Crippen LogP contribution is 2.24. The van der Waals surface area contributed by atoms with Gasteiger partial charge in [-0.2, -0.15) is 0 Å². The Morgan fingerprint density at radius 1 is 0.436 bits per heavy atom. The number of carbonyl (C=O) groups is 2. The highest BCUT2D eigenvalue weighted by Gasteiger charge is 2.20. The zero-order valence-corrected chi connectivity index (χ0v) is 30.4. The monoisotopic (exact) mass is 732 g/mol. The van der Waals surface area contributed by atoms with Crippen LogP contribution in [0, 0.1) is 0 Å². The van der Waals surface area contributed by atoms with E-state index in [1.807, 2.05) is 103 Å². The molecule has 0 heterocycles. The van der Waals surface area contributed by atoms with Crippen LogP contribution in [0.25, 0.3) is 11.1 Å². The van der Waals surface area contributed by atoms with Gasteiger partial charge in [0.2, 0.25) is 0 Å². The molecule has 0 aliphatic heterocycles. The van der Waals surface area contributed by atoms with Crippen LogP contribution in [0.4, 0.5) is 0 Å². The molecule has 7 heteroatoms. The number of rotatable bonds is 8. The van der Waals surface area contributed by atoms with Crippen LogP contribution in [0.5, 0.6) is 23.0 Å². The minimum absolute atomic E-state index is 0.0139. The zero-order chi connectivity index (χ0) is 39.4. The molecule has 0 fully saturated rings. The summed E-state index contributed by atoms with van der Waals surface area (Å²) in [5.41, 5.74) is 7.10. The Balaban J connectivity index is 0.000000166. The first kappa shape index (κ1) is 40.6. The van der Waals surface area contributed by atoms with E-state index in [1.54, 1.807) is 48.5 Å². The molecule has 0 aliphatic rings. The number of Topliss-reactive ketones (excluding diaryl/α,β-unsaturated/α-hetero) is 1. The Kier molecular flexibility index (Phi) is 15.8. The number of phenolic OH excluding ortho intramolecular Hbond substituents is 4. The summed E-state index contributed by atoms with van der Waals surface area (Å²) in [5, 5.41) is 45.6. The minimum atomic E-state index is -0.857. The first-order chi connectivity index (χ1) is 26.6. The predicted octanol–water partition coefficient (Wildman–Crippen LogP) is 10.4. The van der Waals surface area contributed by atoms with Crippen molar-refractivity contribution in [1.82, 2.24) is 0 Å². The number of carboxylic acids is 1. The Morgan fingerprint density at radius 3 is 1.25 bits per heavy atom. The third kappa shape index (κ3) is 14.4. The SMILES string of the molecule is CC(=O)c1ccc(O)cc1.O=C(O)C(Cc1ccccc1)c1ccc(O)cc1.Oc1ccc(-c2ccccc2)cc1.Oc1ccc(Cc2ccccc2)cc1. The van der Waals surface area contributed by atoms with Gasteiger partial charge in [-0.05, 0) is 114 Å². The molecule has 0 aromatic heterocycles. The first-order valence-electron chi connectivity index (χ1n) is 17.6. The highest BCUT2D eigenvalue weighted by molar-refractivity contribution is 5.94. The summed E-state index contributed by atoms with van der Waals surface area (Å²) in [7, 11) is 0. The maximum Gasteiger partial charge on any atom is 0.311 e. The molecule has 0 saturated heterocycles. The largest absolute Gasteiger partial charge is 0.508 e. The third-order valence-corrected chi connectivity index (χ3v) is 8.31. The summed E-state index contributed by atoms with van der Waals surface area (Å²) < 4.78 is 0. The summed E-state index contributed by atoms with van der Waals surface area (Å²) in [5.74, 6) is -0.480. The van der Waals surface area contributed by atoms with Crippen molar-refractivity contribution in [3.8, 4) is 34.1 Å². The van der Waals surface area contributed by atoms with Crippen molar-refractivity contribution < 1.29 is 35.1 Å². The van der Waals surface area contributed by atoms with Crippen molar-refractivity contribution >= 4 is 11.8 Å². The average Bonchev–Trinajstić information content (AvgIpc) is 3.20. The number of carboxylic acid groups (broad SMARTS) is 1. The first-order valence-corrected chi connectivity index (χ1v) is 17.6. The quantitative estimate of drug-likeness (QED) is 0.0982. The van der Waals surface area contributed by atoms with Crippen molar-refractivity contribution in [2.45, 2.75) is 25.7 Å². The Labute approximate surface area is 321 Å². The van der Waals surface area contributed by atoms with Gasteiger partial charge in [0.1, 0.15) is 23.0 Å². The lowest BCUT2D eigenvalue weighted by atomic mass is 9.92. The normalized spacial score (nSPS) is 10.5. The van der Waals surface area contributed by atoms with Crippen LogP contribution in [0.2, 0.25) is 0 Å². The second-order valence-electron chi connectivity index (χ2n) is 12.5. The molecule has 0 bridgehead atoms. The van der Waals surface area contributed by atoms with Crippen LogP contribution in [0.3, 0.4) is 0 Å². The van der Waals surface area contributed by atoms with Crippen molar-refractivity contribution in [2.75, 3.05) is 0 Å². The standard InChI is InChI=1S/C15H14O3.C13H12O.C12H10O.C8H8O2/c16-13-8-6-12(7-9-13)14(15(17)18)10-11-4-2-1-3-5-11;14-13-8-6-12(7-9-13)10-11-4-2-1-3-5-11;13-12-8-6-11(7-9-12)10-4-2-1-3-5-10;1-6(9)7-2-4-8(10)5-3-7/h1-9,14,16H,10H2,(H,17,18);1-9,14H,10H2;1-9,13H;2-5,10H,1H3. The van der Waals surface area contributed by atoms with Gasteiger partial charge in [-0.25, -0.2) is 0 Å². The number of carbonyl (C=O) groups excluding carboxylic acids is 1. The number of ketones is 1. The molecule has 0 spiro atoms. The fraction of sp³-hybridized carbons (Fsp3) is 0.0833. The molecule has 7 rings (SSSR count). The van der Waals surface area contributed by atoms with Gasteiger partial charge < -0.3 is 25.5 Å². The van der Waals surface area contributed by atoms with Gasteiger partial charge in [0.25, 0.3) is 0 Å². The lowest BCUT2D eigenvalue weighted by Gasteiger charge is -2.12. The third-order valence-electron chi connectivity index (χ3n) is 8.31. The lowest BCUT2D eigenvalue weighted by Crippen LogP contribution is -2.14. The van der Waals surface area contributed by atoms with Gasteiger partial charge in [-0.3, -0.25) is 9.59 Å². The maximum atomic E-state index is 11.3. The molecule has 0 saturated carbocycles. The summed E-state index contributed by atoms with van der Waals surface area (Å²) in [6, 6.07) is 57.0. The van der Waals surface area contributed by atoms with Gasteiger partial charge in [0, 0.05) is 5.56 Å².